The van der Waals surface area contributed by atoms with Crippen LogP contribution in [0.15, 0.2) is 29.2 Å². The van der Waals surface area contributed by atoms with E-state index in [1.165, 1.54) is 12.1 Å². The summed E-state index contributed by atoms with van der Waals surface area (Å²) in [6.07, 6.45) is 3.91. The molecular weight excluding hydrogens is 328 g/mol. The van der Waals surface area contributed by atoms with Gasteiger partial charge in [-0.25, -0.2) is 13.1 Å². The molecule has 2 aliphatic rings. The monoisotopic (exact) mass is 352 g/mol. The van der Waals surface area contributed by atoms with Gasteiger partial charge >= 0.3 is 0 Å². The number of nitrogens with zero attached hydrogens (tertiary/aromatic N) is 1. The molecule has 1 aliphatic heterocycles. The number of nitrogens with one attached hydrogen (secondary N) is 1. The van der Waals surface area contributed by atoms with Crippen molar-refractivity contribution in [1.29, 1.82) is 0 Å². The lowest BCUT2D eigenvalue weighted by atomic mass is 10.1. The minimum absolute atomic E-state index is 0.0679. The minimum Gasteiger partial charge on any atom is -0.376 e. The molecule has 2 fully saturated rings. The molecule has 1 aromatic rings. The average molecular weight is 352 g/mol. The highest BCUT2D eigenvalue weighted by Crippen LogP contribution is 2.22. The number of likely N-dealkylation sites (N-methyl/N-ethyl adjacent to an activating group) is 1. The Morgan fingerprint density at radius 2 is 1.96 bits per heavy atom. The van der Waals surface area contributed by atoms with Crippen molar-refractivity contribution < 1.29 is 17.9 Å². The number of benzene rings is 1. The van der Waals surface area contributed by atoms with E-state index in [0.717, 1.165) is 32.3 Å². The Hall–Kier alpha value is -1.44. The van der Waals surface area contributed by atoms with Crippen molar-refractivity contribution in [3.63, 3.8) is 0 Å². The molecule has 1 heterocycles. The van der Waals surface area contributed by atoms with E-state index >= 15 is 0 Å². The molecule has 0 aromatic heterocycles. The highest BCUT2D eigenvalue weighted by atomic mass is 32.2. The number of sulfonamides is 1. The zero-order valence-corrected chi connectivity index (χ0v) is 14.7. The van der Waals surface area contributed by atoms with Crippen molar-refractivity contribution in [1.82, 2.24) is 9.62 Å². The lowest BCUT2D eigenvalue weighted by Crippen LogP contribution is -2.37. The first kappa shape index (κ1) is 17.4. The average Bonchev–Trinajstić information content (AvgIpc) is 3.23. The maximum atomic E-state index is 12.6. The Bertz CT molecular complexity index is 677. The predicted octanol–water partition coefficient (Wildman–Crippen LogP) is 1.77. The molecule has 24 heavy (non-hydrogen) atoms. The van der Waals surface area contributed by atoms with Crippen molar-refractivity contribution in [2.24, 2.45) is 0 Å². The van der Waals surface area contributed by atoms with Crippen LogP contribution in [0.4, 0.5) is 0 Å². The maximum absolute atomic E-state index is 12.6. The van der Waals surface area contributed by atoms with Gasteiger partial charge in [-0.1, -0.05) is 0 Å². The van der Waals surface area contributed by atoms with E-state index < -0.39 is 10.0 Å². The van der Waals surface area contributed by atoms with E-state index in [1.807, 2.05) is 6.92 Å². The fourth-order valence-electron chi connectivity index (χ4n) is 2.84. The number of ether oxygens (including phenoxy) is 1. The molecule has 1 amide bonds. The highest BCUT2D eigenvalue weighted by molar-refractivity contribution is 7.89. The Morgan fingerprint density at radius 3 is 2.50 bits per heavy atom. The molecule has 132 valence electrons. The summed E-state index contributed by atoms with van der Waals surface area (Å²) in [5, 5.41) is 0. The van der Waals surface area contributed by atoms with Crippen molar-refractivity contribution in [2.75, 3.05) is 19.7 Å². The van der Waals surface area contributed by atoms with Crippen LogP contribution >= 0.6 is 0 Å². The molecule has 1 aromatic carbocycles. The van der Waals surface area contributed by atoms with Crippen LogP contribution in [0.5, 0.6) is 0 Å². The summed E-state index contributed by atoms with van der Waals surface area (Å²) in [6, 6.07) is 6.23. The number of amides is 1. The zero-order valence-electron chi connectivity index (χ0n) is 13.9. The van der Waals surface area contributed by atoms with Crippen LogP contribution in [0.2, 0.25) is 0 Å². The Kier molecular flexibility index (Phi) is 5.22. The van der Waals surface area contributed by atoms with E-state index in [4.69, 9.17) is 4.74 Å². The van der Waals surface area contributed by atoms with Crippen LogP contribution in [0.1, 0.15) is 43.0 Å². The third kappa shape index (κ3) is 4.15. The third-order valence-electron chi connectivity index (χ3n) is 4.43. The molecule has 0 unspecified atom stereocenters. The first-order valence-electron chi connectivity index (χ1n) is 8.53. The second-order valence-corrected chi connectivity index (χ2v) is 8.11. The van der Waals surface area contributed by atoms with Gasteiger partial charge in [-0.05, 0) is 56.9 Å². The molecule has 1 saturated carbocycles. The number of carbonyl (C=O) groups is 1. The normalized spacial score (nSPS) is 21.0. The fourth-order valence-corrected chi connectivity index (χ4v) is 4.14. The molecule has 1 atom stereocenters. The van der Waals surface area contributed by atoms with Crippen LogP contribution in [0, 0.1) is 0 Å². The molecule has 1 N–H and O–H groups in total. The molecule has 3 rings (SSSR count). The van der Waals surface area contributed by atoms with E-state index in [-0.39, 0.29) is 22.9 Å². The fraction of sp³-hybridized carbons (Fsp3) is 0.588. The van der Waals surface area contributed by atoms with Crippen molar-refractivity contribution >= 4 is 15.9 Å². The van der Waals surface area contributed by atoms with Gasteiger partial charge in [0.1, 0.15) is 0 Å². The van der Waals surface area contributed by atoms with Crippen LogP contribution in [-0.4, -0.2) is 51.1 Å². The maximum Gasteiger partial charge on any atom is 0.253 e. The Labute approximate surface area is 143 Å². The molecule has 6 nitrogen and oxygen atoms in total. The van der Waals surface area contributed by atoms with Crippen LogP contribution in [-0.2, 0) is 14.8 Å². The standard InChI is InChI=1S/C17H24N2O4S/c1-2-19(12-15-4-3-11-23-15)17(20)13-5-9-16(10-6-13)24(21,22)18-14-7-8-14/h5-6,9-10,14-15,18H,2-4,7-8,11-12H2,1H3/t15-/m0/s1. The van der Waals surface area contributed by atoms with Crippen LogP contribution in [0.25, 0.3) is 0 Å². The van der Waals surface area contributed by atoms with E-state index in [0.29, 0.717) is 18.7 Å². The van der Waals surface area contributed by atoms with Gasteiger partial charge in [-0.15, -0.1) is 0 Å². The number of rotatable bonds is 7. The van der Waals surface area contributed by atoms with Gasteiger partial charge in [-0.3, -0.25) is 4.79 Å². The third-order valence-corrected chi connectivity index (χ3v) is 5.96. The van der Waals surface area contributed by atoms with E-state index in [9.17, 15) is 13.2 Å². The van der Waals surface area contributed by atoms with Crippen LogP contribution < -0.4 is 4.72 Å². The minimum atomic E-state index is -3.48. The molecule has 1 saturated heterocycles. The van der Waals surface area contributed by atoms with Gasteiger partial charge in [0.05, 0.1) is 11.0 Å². The molecular formula is C17H24N2O4S. The smallest absolute Gasteiger partial charge is 0.253 e. The number of carbonyl (C=O) groups excluding carboxylic acids is 1. The van der Waals surface area contributed by atoms with Gasteiger partial charge in [0, 0.05) is 31.3 Å². The van der Waals surface area contributed by atoms with Gasteiger partial charge < -0.3 is 9.64 Å². The lowest BCUT2D eigenvalue weighted by molar-refractivity contribution is 0.0539. The number of hydrogen-bond donors (Lipinski definition) is 1. The first-order chi connectivity index (χ1) is 11.5. The first-order valence-corrected chi connectivity index (χ1v) is 10.0. The SMILES string of the molecule is CCN(C[C@@H]1CCCO1)C(=O)c1ccc(S(=O)(=O)NC2CC2)cc1. The quantitative estimate of drug-likeness (QED) is 0.811. The summed E-state index contributed by atoms with van der Waals surface area (Å²) < 4.78 is 32.6. The van der Waals surface area contributed by atoms with Crippen molar-refractivity contribution in [2.45, 2.75) is 49.6 Å². The topological polar surface area (TPSA) is 75.7 Å². The van der Waals surface area contributed by atoms with Crippen molar-refractivity contribution in [3.8, 4) is 0 Å². The molecule has 0 radical (unpaired) electrons. The Morgan fingerprint density at radius 1 is 1.25 bits per heavy atom. The van der Waals surface area contributed by atoms with Gasteiger partial charge in [0.2, 0.25) is 10.0 Å². The van der Waals surface area contributed by atoms with Gasteiger partial charge in [-0.2, -0.15) is 0 Å². The second kappa shape index (κ2) is 7.21. The summed E-state index contributed by atoms with van der Waals surface area (Å²) in [4.78, 5) is 14.6. The largest absolute Gasteiger partial charge is 0.376 e. The lowest BCUT2D eigenvalue weighted by Gasteiger charge is -2.24. The number of hydrogen-bond acceptors (Lipinski definition) is 4. The molecule has 1 aliphatic carbocycles. The van der Waals surface area contributed by atoms with E-state index in [2.05, 4.69) is 4.72 Å². The van der Waals surface area contributed by atoms with Gasteiger partial charge in [0.25, 0.3) is 5.91 Å². The molecule has 0 spiro atoms. The summed E-state index contributed by atoms with van der Waals surface area (Å²) in [7, 11) is -3.48. The summed E-state index contributed by atoms with van der Waals surface area (Å²) >= 11 is 0. The van der Waals surface area contributed by atoms with Crippen molar-refractivity contribution in [3.05, 3.63) is 29.8 Å². The van der Waals surface area contributed by atoms with E-state index in [1.54, 1.807) is 17.0 Å². The molecule has 7 heteroatoms. The Balaban J connectivity index is 1.67. The summed E-state index contributed by atoms with van der Waals surface area (Å²) in [5.74, 6) is -0.0906. The zero-order chi connectivity index (χ0) is 17.2. The second-order valence-electron chi connectivity index (χ2n) is 6.40. The summed E-state index contributed by atoms with van der Waals surface area (Å²) in [6.45, 7) is 3.88. The predicted molar refractivity (Wildman–Crippen MR) is 90.3 cm³/mol. The summed E-state index contributed by atoms with van der Waals surface area (Å²) in [5.41, 5.74) is 0.500. The highest BCUT2D eigenvalue weighted by Gasteiger charge is 2.28. The van der Waals surface area contributed by atoms with Crippen LogP contribution in [0.3, 0.4) is 0 Å². The molecule has 0 bridgehead atoms. The van der Waals surface area contributed by atoms with Gasteiger partial charge in [0.15, 0.2) is 0 Å².